The van der Waals surface area contributed by atoms with Gasteiger partial charge in [0, 0.05) is 61.3 Å². The minimum atomic E-state index is -0.243. The van der Waals surface area contributed by atoms with Gasteiger partial charge in [-0.05, 0) is 60.7 Å². The van der Waals surface area contributed by atoms with Crippen molar-refractivity contribution in [2.75, 3.05) is 41.3 Å². The van der Waals surface area contributed by atoms with Gasteiger partial charge in [-0.15, -0.1) is 0 Å². The number of piperazine rings is 1. The van der Waals surface area contributed by atoms with Crippen LogP contribution in [0.15, 0.2) is 71.3 Å². The minimum absolute atomic E-state index is 0.00760. The zero-order valence-electron chi connectivity index (χ0n) is 20.0. The van der Waals surface area contributed by atoms with Crippen molar-refractivity contribution in [2.24, 2.45) is 0 Å². The van der Waals surface area contributed by atoms with Gasteiger partial charge in [0.2, 0.25) is 5.95 Å². The molecule has 2 aromatic heterocycles. The highest BCUT2D eigenvalue weighted by molar-refractivity contribution is 6.30. The van der Waals surface area contributed by atoms with Crippen LogP contribution in [0.5, 0.6) is 0 Å². The predicted octanol–water partition coefficient (Wildman–Crippen LogP) is 5.85. The van der Waals surface area contributed by atoms with Gasteiger partial charge < -0.3 is 19.5 Å². The molecule has 0 saturated carbocycles. The Kier molecular flexibility index (Phi) is 6.26. The lowest BCUT2D eigenvalue weighted by atomic mass is 9.84. The number of rotatable bonds is 5. The number of nitrogens with one attached hydrogen (secondary N) is 1. The summed E-state index contributed by atoms with van der Waals surface area (Å²) in [6.45, 7) is 2.90. The van der Waals surface area contributed by atoms with Crippen LogP contribution in [0.4, 0.5) is 27.5 Å². The van der Waals surface area contributed by atoms with Crippen LogP contribution in [0.2, 0.25) is 5.02 Å². The lowest BCUT2D eigenvalue weighted by Gasteiger charge is -2.36. The van der Waals surface area contributed by atoms with Gasteiger partial charge in [0.15, 0.2) is 5.78 Å². The van der Waals surface area contributed by atoms with Crippen molar-refractivity contribution in [1.29, 1.82) is 0 Å². The van der Waals surface area contributed by atoms with Gasteiger partial charge >= 0.3 is 0 Å². The quantitative estimate of drug-likeness (QED) is 0.356. The second kappa shape index (κ2) is 9.86. The molecule has 37 heavy (non-hydrogen) atoms. The van der Waals surface area contributed by atoms with Gasteiger partial charge in [0.25, 0.3) is 0 Å². The number of hydrogen-bond acceptors (Lipinski definition) is 7. The standard InChI is InChI=1S/C28H25ClFN5O2/c29-19-3-7-21(8-4-19)31-27-26-23(16-18(17-24(26)36)25-2-1-15-37-25)32-28(33-27)35-13-11-34(12-14-35)22-9-5-20(30)6-10-22/h1-10,15,18H,11-14,16-17H2,(H,31,32,33). The first kappa shape index (κ1) is 23.5. The van der Waals surface area contributed by atoms with Crippen molar-refractivity contribution in [3.63, 3.8) is 0 Å². The number of benzene rings is 2. The number of ketones is 1. The van der Waals surface area contributed by atoms with E-state index in [0.29, 0.717) is 48.3 Å². The highest BCUT2D eigenvalue weighted by Gasteiger charge is 2.33. The molecule has 0 bridgehead atoms. The maximum atomic E-state index is 13.3. The maximum absolute atomic E-state index is 13.3. The Morgan fingerprint density at radius 3 is 2.35 bits per heavy atom. The molecule has 1 N–H and O–H groups in total. The molecular formula is C28H25ClFN5O2. The Morgan fingerprint density at radius 1 is 0.919 bits per heavy atom. The molecule has 1 fully saturated rings. The molecule has 1 aliphatic heterocycles. The number of carbonyl (C=O) groups excluding carboxylic acids is 1. The van der Waals surface area contributed by atoms with E-state index in [1.165, 1.54) is 12.1 Å². The van der Waals surface area contributed by atoms with Crippen molar-refractivity contribution in [1.82, 2.24) is 9.97 Å². The zero-order valence-corrected chi connectivity index (χ0v) is 20.8. The predicted molar refractivity (Wildman–Crippen MR) is 142 cm³/mol. The first-order valence-corrected chi connectivity index (χ1v) is 12.7. The van der Waals surface area contributed by atoms with Gasteiger partial charge in [-0.2, -0.15) is 4.98 Å². The molecule has 2 aromatic carbocycles. The summed E-state index contributed by atoms with van der Waals surface area (Å²) in [5.41, 5.74) is 3.04. The number of aromatic nitrogens is 2. The minimum Gasteiger partial charge on any atom is -0.469 e. The lowest BCUT2D eigenvalue weighted by Crippen LogP contribution is -2.47. The second-order valence-corrected chi connectivity index (χ2v) is 9.76. The van der Waals surface area contributed by atoms with Gasteiger partial charge in [-0.1, -0.05) is 11.6 Å². The number of halogens is 2. The van der Waals surface area contributed by atoms with Crippen LogP contribution < -0.4 is 15.1 Å². The van der Waals surface area contributed by atoms with E-state index in [2.05, 4.69) is 15.1 Å². The summed E-state index contributed by atoms with van der Waals surface area (Å²) in [5, 5.41) is 3.96. The summed E-state index contributed by atoms with van der Waals surface area (Å²) < 4.78 is 19.0. The van der Waals surface area contributed by atoms with E-state index in [-0.39, 0.29) is 17.5 Å². The van der Waals surface area contributed by atoms with Crippen LogP contribution >= 0.6 is 11.6 Å². The number of nitrogens with zero attached hydrogens (tertiary/aromatic N) is 4. The van der Waals surface area contributed by atoms with Crippen molar-refractivity contribution in [2.45, 2.75) is 18.8 Å². The molecule has 9 heteroatoms. The average Bonchev–Trinajstić information content (AvgIpc) is 3.45. The van der Waals surface area contributed by atoms with E-state index in [4.69, 9.17) is 26.0 Å². The molecule has 4 aromatic rings. The van der Waals surface area contributed by atoms with Gasteiger partial charge in [0.1, 0.15) is 17.4 Å². The van der Waals surface area contributed by atoms with Crippen LogP contribution in [0.1, 0.15) is 34.2 Å². The van der Waals surface area contributed by atoms with Gasteiger partial charge in [-0.25, -0.2) is 9.37 Å². The first-order chi connectivity index (χ1) is 18.0. The molecule has 2 aliphatic rings. The SMILES string of the molecule is O=C1CC(c2ccco2)Cc2nc(N3CCN(c4ccc(F)cc4)CC3)nc(Nc3ccc(Cl)cc3)c21. The smallest absolute Gasteiger partial charge is 0.227 e. The Labute approximate surface area is 218 Å². The third kappa shape index (κ3) is 4.89. The maximum Gasteiger partial charge on any atom is 0.227 e. The first-order valence-electron chi connectivity index (χ1n) is 12.3. The highest BCUT2D eigenvalue weighted by atomic mass is 35.5. The number of Topliss-reactive ketones (excluding diaryl/α,β-unsaturated/α-hetero) is 1. The summed E-state index contributed by atoms with van der Waals surface area (Å²) in [6, 6.07) is 17.6. The molecule has 1 atom stereocenters. The molecule has 0 radical (unpaired) electrons. The summed E-state index contributed by atoms with van der Waals surface area (Å²) in [5.74, 6) is 1.57. The highest BCUT2D eigenvalue weighted by Crippen LogP contribution is 2.37. The number of carbonyl (C=O) groups is 1. The fourth-order valence-corrected chi connectivity index (χ4v) is 5.14. The number of anilines is 4. The number of furan rings is 1. The van der Waals surface area contributed by atoms with E-state index in [1.54, 1.807) is 30.5 Å². The van der Waals surface area contributed by atoms with Crippen molar-refractivity contribution in [3.05, 3.63) is 94.8 Å². The molecule has 3 heterocycles. The van der Waals surface area contributed by atoms with E-state index in [1.807, 2.05) is 24.3 Å². The van der Waals surface area contributed by atoms with E-state index < -0.39 is 0 Å². The van der Waals surface area contributed by atoms with Crippen molar-refractivity contribution >= 4 is 40.5 Å². The normalized spacial score (nSPS) is 17.6. The Balaban J connectivity index is 1.31. The van der Waals surface area contributed by atoms with Crippen LogP contribution in [-0.4, -0.2) is 41.9 Å². The summed E-state index contributed by atoms with van der Waals surface area (Å²) in [4.78, 5) is 27.4. The van der Waals surface area contributed by atoms with Gasteiger partial charge in [-0.3, -0.25) is 4.79 Å². The van der Waals surface area contributed by atoms with E-state index >= 15 is 0 Å². The Morgan fingerprint density at radius 2 is 1.65 bits per heavy atom. The second-order valence-electron chi connectivity index (χ2n) is 9.32. The zero-order chi connectivity index (χ0) is 25.4. The molecule has 1 unspecified atom stereocenters. The van der Waals surface area contributed by atoms with Crippen molar-refractivity contribution < 1.29 is 13.6 Å². The van der Waals surface area contributed by atoms with E-state index in [0.717, 1.165) is 35.9 Å². The number of fused-ring (bicyclic) bond motifs is 1. The van der Waals surface area contributed by atoms with Crippen LogP contribution in [0.25, 0.3) is 0 Å². The molecule has 1 saturated heterocycles. The molecule has 0 spiro atoms. The fraction of sp³-hybridized carbons (Fsp3) is 0.250. The Hall–Kier alpha value is -3.91. The largest absolute Gasteiger partial charge is 0.469 e. The van der Waals surface area contributed by atoms with Gasteiger partial charge in [0.05, 0.1) is 17.5 Å². The van der Waals surface area contributed by atoms with Crippen LogP contribution in [0, 0.1) is 5.82 Å². The third-order valence-electron chi connectivity index (χ3n) is 6.93. The van der Waals surface area contributed by atoms with Crippen molar-refractivity contribution in [3.8, 4) is 0 Å². The molecule has 0 amide bonds. The average molecular weight is 518 g/mol. The monoisotopic (exact) mass is 517 g/mol. The topological polar surface area (TPSA) is 74.5 Å². The lowest BCUT2D eigenvalue weighted by molar-refractivity contribution is 0.0959. The third-order valence-corrected chi connectivity index (χ3v) is 7.18. The molecular weight excluding hydrogens is 493 g/mol. The molecule has 1 aliphatic carbocycles. The summed E-state index contributed by atoms with van der Waals surface area (Å²) in [7, 11) is 0. The number of hydrogen-bond donors (Lipinski definition) is 1. The van der Waals surface area contributed by atoms with Crippen LogP contribution in [-0.2, 0) is 6.42 Å². The Bertz CT molecular complexity index is 1400. The molecule has 188 valence electrons. The summed E-state index contributed by atoms with van der Waals surface area (Å²) in [6.07, 6.45) is 2.57. The fourth-order valence-electron chi connectivity index (χ4n) is 5.01. The molecule has 7 nitrogen and oxygen atoms in total. The van der Waals surface area contributed by atoms with Crippen LogP contribution in [0.3, 0.4) is 0 Å². The summed E-state index contributed by atoms with van der Waals surface area (Å²) >= 11 is 6.06. The molecule has 6 rings (SSSR count). The van der Waals surface area contributed by atoms with E-state index in [9.17, 15) is 9.18 Å².